The number of esters is 1. The maximum absolute atomic E-state index is 14.0. The average Bonchev–Trinajstić information content (AvgIpc) is 2.67. The first-order valence-electron chi connectivity index (χ1n) is 9.44. The third kappa shape index (κ3) is 6.03. The molecule has 162 valence electrons. The lowest BCUT2D eigenvalue weighted by molar-refractivity contribution is -0.116. The molecule has 0 radical (unpaired) electrons. The van der Waals surface area contributed by atoms with Crippen LogP contribution in [0.2, 0.25) is 0 Å². The Labute approximate surface area is 175 Å². The van der Waals surface area contributed by atoms with Crippen molar-refractivity contribution in [2.75, 3.05) is 29.0 Å². The first kappa shape index (κ1) is 23.3. The lowest BCUT2D eigenvalue weighted by atomic mass is 10.1. The van der Waals surface area contributed by atoms with Crippen molar-refractivity contribution in [3.05, 3.63) is 59.4 Å². The van der Waals surface area contributed by atoms with Crippen LogP contribution in [0, 0.1) is 12.7 Å². The van der Waals surface area contributed by atoms with E-state index in [4.69, 9.17) is 4.74 Å². The number of nitrogens with zero attached hydrogens (tertiary/aromatic N) is 1. The summed E-state index contributed by atoms with van der Waals surface area (Å²) in [7, 11) is -3.71. The Balaban J connectivity index is 2.03. The normalized spacial score (nSPS) is 11.1. The lowest BCUT2D eigenvalue weighted by Gasteiger charge is -2.22. The smallest absolute Gasteiger partial charge is 0.338 e. The van der Waals surface area contributed by atoms with Crippen LogP contribution in [0.1, 0.15) is 35.7 Å². The van der Waals surface area contributed by atoms with Gasteiger partial charge in [0.1, 0.15) is 5.82 Å². The van der Waals surface area contributed by atoms with Crippen LogP contribution in [0.3, 0.4) is 0 Å². The molecule has 2 aromatic rings. The third-order valence-electron chi connectivity index (χ3n) is 4.39. The fourth-order valence-corrected chi connectivity index (χ4v) is 3.88. The van der Waals surface area contributed by atoms with E-state index in [2.05, 4.69) is 5.32 Å². The number of anilines is 2. The zero-order valence-electron chi connectivity index (χ0n) is 17.1. The van der Waals surface area contributed by atoms with E-state index in [0.29, 0.717) is 16.8 Å². The zero-order chi connectivity index (χ0) is 22.3. The van der Waals surface area contributed by atoms with Gasteiger partial charge in [0, 0.05) is 18.7 Å². The van der Waals surface area contributed by atoms with E-state index in [9.17, 15) is 22.4 Å². The number of hydrogen-bond acceptors (Lipinski definition) is 5. The number of nitrogens with one attached hydrogen (secondary N) is 1. The van der Waals surface area contributed by atoms with Crippen molar-refractivity contribution >= 4 is 33.3 Å². The minimum atomic E-state index is -3.71. The SMILES string of the molecule is CCOC(=O)c1cccc(NC(=O)CCCN(c2ccccc2F)S(C)(=O)=O)c1C. The van der Waals surface area contributed by atoms with Crippen molar-refractivity contribution in [1.82, 2.24) is 0 Å². The van der Waals surface area contributed by atoms with E-state index in [0.717, 1.165) is 10.6 Å². The predicted molar refractivity (Wildman–Crippen MR) is 114 cm³/mol. The zero-order valence-corrected chi connectivity index (χ0v) is 18.0. The van der Waals surface area contributed by atoms with Crippen LogP contribution in [0.25, 0.3) is 0 Å². The Bertz CT molecular complexity index is 1020. The molecule has 2 rings (SSSR count). The molecule has 0 saturated heterocycles. The molecule has 0 aliphatic rings. The molecule has 0 fully saturated rings. The maximum atomic E-state index is 14.0. The van der Waals surface area contributed by atoms with Gasteiger partial charge in [-0.2, -0.15) is 0 Å². The Kier molecular flexibility index (Phi) is 7.93. The molecule has 0 bridgehead atoms. The number of para-hydroxylation sites is 1. The van der Waals surface area contributed by atoms with Crippen LogP contribution in [0.5, 0.6) is 0 Å². The van der Waals surface area contributed by atoms with Gasteiger partial charge in [-0.1, -0.05) is 18.2 Å². The van der Waals surface area contributed by atoms with Gasteiger partial charge < -0.3 is 10.1 Å². The van der Waals surface area contributed by atoms with Crippen LogP contribution >= 0.6 is 0 Å². The van der Waals surface area contributed by atoms with Gasteiger partial charge >= 0.3 is 5.97 Å². The van der Waals surface area contributed by atoms with Crippen molar-refractivity contribution in [3.8, 4) is 0 Å². The fourth-order valence-electron chi connectivity index (χ4n) is 2.92. The lowest BCUT2D eigenvalue weighted by Crippen LogP contribution is -2.32. The largest absolute Gasteiger partial charge is 0.462 e. The third-order valence-corrected chi connectivity index (χ3v) is 5.57. The Morgan fingerprint density at radius 2 is 1.83 bits per heavy atom. The summed E-state index contributed by atoms with van der Waals surface area (Å²) in [5.74, 6) is -1.47. The highest BCUT2D eigenvalue weighted by Crippen LogP contribution is 2.23. The summed E-state index contributed by atoms with van der Waals surface area (Å²) in [5, 5.41) is 2.72. The summed E-state index contributed by atoms with van der Waals surface area (Å²) in [6, 6.07) is 10.5. The molecule has 0 atom stereocenters. The predicted octanol–water partition coefficient (Wildman–Crippen LogP) is 3.50. The average molecular weight is 437 g/mol. The van der Waals surface area contributed by atoms with Gasteiger partial charge in [0.05, 0.1) is 24.1 Å². The molecule has 2 aromatic carbocycles. The fraction of sp³-hybridized carbons (Fsp3) is 0.333. The molecular formula is C21H25FN2O5S. The number of benzene rings is 2. The first-order valence-corrected chi connectivity index (χ1v) is 11.3. The van der Waals surface area contributed by atoms with Crippen LogP contribution in [-0.4, -0.2) is 39.7 Å². The molecule has 30 heavy (non-hydrogen) atoms. The van der Waals surface area contributed by atoms with E-state index in [1.165, 1.54) is 18.2 Å². The van der Waals surface area contributed by atoms with E-state index in [1.54, 1.807) is 38.1 Å². The molecule has 0 heterocycles. The van der Waals surface area contributed by atoms with Gasteiger partial charge in [-0.05, 0) is 50.1 Å². The van der Waals surface area contributed by atoms with Gasteiger partial charge in [0.2, 0.25) is 15.9 Å². The van der Waals surface area contributed by atoms with Gasteiger partial charge in [-0.3, -0.25) is 9.10 Å². The molecule has 0 saturated carbocycles. The molecule has 0 aromatic heterocycles. The molecule has 1 amide bonds. The van der Waals surface area contributed by atoms with Crippen LogP contribution < -0.4 is 9.62 Å². The Hall–Kier alpha value is -2.94. The highest BCUT2D eigenvalue weighted by atomic mass is 32.2. The minimum absolute atomic E-state index is 0.0174. The second-order valence-electron chi connectivity index (χ2n) is 6.64. The van der Waals surface area contributed by atoms with Gasteiger partial charge in [-0.15, -0.1) is 0 Å². The molecule has 0 unspecified atom stereocenters. The summed E-state index contributed by atoms with van der Waals surface area (Å²) >= 11 is 0. The van der Waals surface area contributed by atoms with Gasteiger partial charge in [0.15, 0.2) is 0 Å². The number of carbonyl (C=O) groups excluding carboxylic acids is 2. The molecular weight excluding hydrogens is 411 g/mol. The van der Waals surface area contributed by atoms with E-state index in [-0.39, 0.29) is 37.6 Å². The number of ether oxygens (including phenoxy) is 1. The van der Waals surface area contributed by atoms with Gasteiger partial charge in [-0.25, -0.2) is 17.6 Å². The van der Waals surface area contributed by atoms with Crippen molar-refractivity contribution in [2.45, 2.75) is 26.7 Å². The van der Waals surface area contributed by atoms with Crippen LogP contribution in [0.15, 0.2) is 42.5 Å². The Morgan fingerprint density at radius 1 is 1.13 bits per heavy atom. The van der Waals surface area contributed by atoms with E-state index < -0.39 is 21.8 Å². The van der Waals surface area contributed by atoms with E-state index in [1.807, 2.05) is 0 Å². The molecule has 9 heteroatoms. The van der Waals surface area contributed by atoms with Gasteiger partial charge in [0.25, 0.3) is 0 Å². The summed E-state index contributed by atoms with van der Waals surface area (Å²) in [5.41, 5.74) is 1.35. The van der Waals surface area contributed by atoms with Crippen molar-refractivity contribution in [2.24, 2.45) is 0 Å². The van der Waals surface area contributed by atoms with Crippen LogP contribution in [0.4, 0.5) is 15.8 Å². The first-order chi connectivity index (χ1) is 14.1. The van der Waals surface area contributed by atoms with Crippen molar-refractivity contribution in [3.63, 3.8) is 0 Å². The standard InChI is InChI=1S/C21H25FN2O5S/c1-4-29-21(26)16-9-7-11-18(15(16)2)23-20(25)13-8-14-24(30(3,27)28)19-12-6-5-10-17(19)22/h5-7,9-12H,4,8,13-14H2,1-3H3,(H,23,25). The summed E-state index contributed by atoms with van der Waals surface area (Å²) in [4.78, 5) is 24.3. The highest BCUT2D eigenvalue weighted by Gasteiger charge is 2.21. The summed E-state index contributed by atoms with van der Waals surface area (Å²) < 4.78 is 44.1. The minimum Gasteiger partial charge on any atom is -0.462 e. The summed E-state index contributed by atoms with van der Waals surface area (Å²) in [6.45, 7) is 3.61. The number of hydrogen-bond donors (Lipinski definition) is 1. The van der Waals surface area contributed by atoms with Crippen molar-refractivity contribution in [1.29, 1.82) is 0 Å². The molecule has 0 aliphatic carbocycles. The monoisotopic (exact) mass is 436 g/mol. The number of sulfonamides is 1. The number of carbonyl (C=O) groups is 2. The number of amides is 1. The highest BCUT2D eigenvalue weighted by molar-refractivity contribution is 7.92. The number of rotatable bonds is 9. The second-order valence-corrected chi connectivity index (χ2v) is 8.54. The quantitative estimate of drug-likeness (QED) is 0.608. The maximum Gasteiger partial charge on any atom is 0.338 e. The molecule has 0 aliphatic heterocycles. The topological polar surface area (TPSA) is 92.8 Å². The second kappa shape index (κ2) is 10.2. The van der Waals surface area contributed by atoms with Crippen molar-refractivity contribution < 1.29 is 27.1 Å². The van der Waals surface area contributed by atoms with E-state index >= 15 is 0 Å². The number of halogens is 1. The van der Waals surface area contributed by atoms with Crippen LogP contribution in [-0.2, 0) is 19.6 Å². The summed E-state index contributed by atoms with van der Waals surface area (Å²) in [6.07, 6.45) is 1.19. The molecule has 7 nitrogen and oxygen atoms in total. The Morgan fingerprint density at radius 3 is 2.47 bits per heavy atom. The molecule has 1 N–H and O–H groups in total. The molecule has 0 spiro atoms.